The molecule has 0 bridgehead atoms. The van der Waals surface area contributed by atoms with Crippen LogP contribution in [0.1, 0.15) is 10.4 Å². The Labute approximate surface area is 131 Å². The van der Waals surface area contributed by atoms with E-state index in [2.05, 4.69) is 0 Å². The standard InChI is InChI=1S/C14H11ClFNO4S/c1-17(10-4-2-9(16)3-5-10)22(20,21)11-6-7-13(15)12(8-11)14(18)19/h2-8H,1H3,(H,18,19). The summed E-state index contributed by atoms with van der Waals surface area (Å²) >= 11 is 5.72. The van der Waals surface area contributed by atoms with Crippen LogP contribution in [-0.4, -0.2) is 26.5 Å². The van der Waals surface area contributed by atoms with Crippen LogP contribution in [0, 0.1) is 5.82 Å². The van der Waals surface area contributed by atoms with Gasteiger partial charge in [0.15, 0.2) is 0 Å². The average molecular weight is 344 g/mol. The second kappa shape index (κ2) is 5.94. The van der Waals surface area contributed by atoms with Crippen LogP contribution in [0.15, 0.2) is 47.4 Å². The van der Waals surface area contributed by atoms with Gasteiger partial charge in [-0.1, -0.05) is 11.6 Å². The highest BCUT2D eigenvalue weighted by atomic mass is 35.5. The molecule has 2 aromatic carbocycles. The first-order valence-electron chi connectivity index (χ1n) is 6.01. The summed E-state index contributed by atoms with van der Waals surface area (Å²) in [7, 11) is -2.70. The first-order chi connectivity index (χ1) is 10.2. The van der Waals surface area contributed by atoms with Gasteiger partial charge in [0.05, 0.1) is 21.2 Å². The number of aromatic carboxylic acids is 1. The number of hydrogen-bond donors (Lipinski definition) is 1. The van der Waals surface area contributed by atoms with Gasteiger partial charge >= 0.3 is 5.97 Å². The lowest BCUT2D eigenvalue weighted by atomic mass is 10.2. The van der Waals surface area contributed by atoms with Crippen molar-refractivity contribution in [1.82, 2.24) is 0 Å². The highest BCUT2D eigenvalue weighted by Gasteiger charge is 2.23. The summed E-state index contributed by atoms with van der Waals surface area (Å²) < 4.78 is 38.8. The third kappa shape index (κ3) is 3.05. The van der Waals surface area contributed by atoms with Gasteiger partial charge in [0.25, 0.3) is 10.0 Å². The van der Waals surface area contributed by atoms with Crippen LogP contribution >= 0.6 is 11.6 Å². The van der Waals surface area contributed by atoms with E-state index in [1.807, 2.05) is 0 Å². The molecule has 22 heavy (non-hydrogen) atoms. The van der Waals surface area contributed by atoms with E-state index in [0.717, 1.165) is 22.5 Å². The van der Waals surface area contributed by atoms with E-state index in [4.69, 9.17) is 16.7 Å². The van der Waals surface area contributed by atoms with Gasteiger partial charge in [-0.2, -0.15) is 0 Å². The second-order valence-corrected chi connectivity index (χ2v) is 6.77. The molecule has 0 amide bonds. The van der Waals surface area contributed by atoms with Crippen molar-refractivity contribution in [2.24, 2.45) is 0 Å². The number of hydrogen-bond acceptors (Lipinski definition) is 3. The normalized spacial score (nSPS) is 11.2. The van der Waals surface area contributed by atoms with E-state index in [0.29, 0.717) is 0 Å². The number of anilines is 1. The number of halogens is 2. The van der Waals surface area contributed by atoms with E-state index in [-0.39, 0.29) is 21.2 Å². The van der Waals surface area contributed by atoms with Gasteiger partial charge in [-0.3, -0.25) is 4.31 Å². The fourth-order valence-corrected chi connectivity index (χ4v) is 3.20. The average Bonchev–Trinajstić information content (AvgIpc) is 2.47. The van der Waals surface area contributed by atoms with Crippen LogP contribution in [0.2, 0.25) is 5.02 Å². The van der Waals surface area contributed by atoms with Gasteiger partial charge in [-0.15, -0.1) is 0 Å². The number of carbonyl (C=O) groups is 1. The van der Waals surface area contributed by atoms with Crippen molar-refractivity contribution in [3.8, 4) is 0 Å². The highest BCUT2D eigenvalue weighted by molar-refractivity contribution is 7.92. The molecule has 0 spiro atoms. The van der Waals surface area contributed by atoms with Crippen LogP contribution in [0.5, 0.6) is 0 Å². The first-order valence-corrected chi connectivity index (χ1v) is 7.82. The second-order valence-electron chi connectivity index (χ2n) is 4.40. The quantitative estimate of drug-likeness (QED) is 0.926. The molecule has 0 aromatic heterocycles. The lowest BCUT2D eigenvalue weighted by Gasteiger charge is -2.19. The number of benzene rings is 2. The van der Waals surface area contributed by atoms with Crippen molar-refractivity contribution in [1.29, 1.82) is 0 Å². The van der Waals surface area contributed by atoms with Crippen LogP contribution in [0.25, 0.3) is 0 Å². The molecule has 0 fully saturated rings. The van der Waals surface area contributed by atoms with Crippen LogP contribution in [-0.2, 0) is 10.0 Å². The number of carboxylic acids is 1. The topological polar surface area (TPSA) is 74.7 Å². The zero-order chi connectivity index (χ0) is 16.5. The zero-order valence-corrected chi connectivity index (χ0v) is 12.9. The Balaban J connectivity index is 2.48. The summed E-state index contributed by atoms with van der Waals surface area (Å²) in [5.41, 5.74) is -0.0662. The van der Waals surface area contributed by atoms with Crippen molar-refractivity contribution < 1.29 is 22.7 Å². The number of carboxylic acid groups (broad SMARTS) is 1. The SMILES string of the molecule is CN(c1ccc(F)cc1)S(=O)(=O)c1ccc(Cl)c(C(=O)O)c1. The van der Waals surface area contributed by atoms with Crippen molar-refractivity contribution in [3.63, 3.8) is 0 Å². The lowest BCUT2D eigenvalue weighted by Crippen LogP contribution is -2.26. The zero-order valence-electron chi connectivity index (χ0n) is 11.3. The van der Waals surface area contributed by atoms with Crippen molar-refractivity contribution in [3.05, 3.63) is 58.9 Å². The summed E-state index contributed by atoms with van der Waals surface area (Å²) in [6.07, 6.45) is 0. The molecule has 0 aliphatic heterocycles. The Morgan fingerprint density at radius 1 is 1.18 bits per heavy atom. The van der Waals surface area contributed by atoms with Gasteiger partial charge in [-0.05, 0) is 42.5 Å². The Hall–Kier alpha value is -2.12. The highest BCUT2D eigenvalue weighted by Crippen LogP contribution is 2.25. The van der Waals surface area contributed by atoms with E-state index in [9.17, 15) is 17.6 Å². The molecule has 1 N–H and O–H groups in total. The summed E-state index contributed by atoms with van der Waals surface area (Å²) in [4.78, 5) is 10.8. The molecule has 2 rings (SSSR count). The summed E-state index contributed by atoms with van der Waals surface area (Å²) in [5.74, 6) is -1.82. The smallest absolute Gasteiger partial charge is 0.337 e. The number of rotatable bonds is 4. The monoisotopic (exact) mass is 343 g/mol. The third-order valence-corrected chi connectivity index (χ3v) is 5.13. The van der Waals surface area contributed by atoms with Gasteiger partial charge in [-0.25, -0.2) is 17.6 Å². The molecule has 0 saturated carbocycles. The molecule has 116 valence electrons. The van der Waals surface area contributed by atoms with Crippen molar-refractivity contribution in [2.45, 2.75) is 4.90 Å². The molecule has 8 heteroatoms. The maximum absolute atomic E-state index is 12.9. The summed E-state index contributed by atoms with van der Waals surface area (Å²) in [6.45, 7) is 0. The largest absolute Gasteiger partial charge is 0.478 e. The minimum absolute atomic E-state index is 0.0594. The Morgan fingerprint density at radius 3 is 2.32 bits per heavy atom. The van der Waals surface area contributed by atoms with Crippen molar-refractivity contribution in [2.75, 3.05) is 11.4 Å². The Kier molecular flexibility index (Phi) is 4.39. The van der Waals surface area contributed by atoms with Gasteiger partial charge in [0, 0.05) is 7.05 Å². The Morgan fingerprint density at radius 2 is 1.77 bits per heavy atom. The van der Waals surface area contributed by atoms with E-state index in [1.165, 1.54) is 31.3 Å². The Bertz CT molecular complexity index is 821. The molecule has 0 aliphatic rings. The molecule has 0 atom stereocenters. The van der Waals surface area contributed by atoms with Crippen LogP contribution in [0.3, 0.4) is 0 Å². The molecule has 5 nitrogen and oxygen atoms in total. The van der Waals surface area contributed by atoms with Gasteiger partial charge in [0.2, 0.25) is 0 Å². The minimum atomic E-state index is -3.99. The van der Waals surface area contributed by atoms with Crippen molar-refractivity contribution >= 4 is 33.3 Å². The van der Waals surface area contributed by atoms with Gasteiger partial charge < -0.3 is 5.11 Å². The molecular weight excluding hydrogens is 333 g/mol. The predicted octanol–water partition coefficient (Wildman–Crippen LogP) is 3.00. The fourth-order valence-electron chi connectivity index (χ4n) is 1.78. The number of nitrogens with zero attached hydrogens (tertiary/aromatic N) is 1. The molecule has 0 unspecified atom stereocenters. The van der Waals surface area contributed by atoms with E-state index in [1.54, 1.807) is 0 Å². The molecule has 0 aliphatic carbocycles. The fraction of sp³-hybridized carbons (Fsp3) is 0.0714. The third-order valence-electron chi connectivity index (χ3n) is 3.02. The minimum Gasteiger partial charge on any atom is -0.478 e. The first kappa shape index (κ1) is 16.3. The molecule has 0 radical (unpaired) electrons. The summed E-state index contributed by atoms with van der Waals surface area (Å²) in [5, 5.41) is 8.95. The van der Waals surface area contributed by atoms with E-state index < -0.39 is 21.8 Å². The van der Waals surface area contributed by atoms with Gasteiger partial charge in [0.1, 0.15) is 5.82 Å². The molecule has 0 heterocycles. The number of sulfonamides is 1. The summed E-state index contributed by atoms with van der Waals surface area (Å²) in [6, 6.07) is 8.28. The predicted molar refractivity (Wildman–Crippen MR) is 80.4 cm³/mol. The molecule has 2 aromatic rings. The van der Waals surface area contributed by atoms with Crippen LogP contribution in [0.4, 0.5) is 10.1 Å². The maximum atomic E-state index is 12.9. The maximum Gasteiger partial charge on any atom is 0.337 e. The van der Waals surface area contributed by atoms with Crippen LogP contribution < -0.4 is 4.31 Å². The molecule has 0 saturated heterocycles. The van der Waals surface area contributed by atoms with E-state index >= 15 is 0 Å². The lowest BCUT2D eigenvalue weighted by molar-refractivity contribution is 0.0697. The molecular formula is C14H11ClFNO4S.